The SMILES string of the molecule is Clc1cc(Cl)cc(OCCN2CCC(C[C@@H]3C[C@H]3c3ccccc3)CC2)c1. The molecule has 1 saturated heterocycles. The molecule has 1 heterocycles. The predicted molar refractivity (Wildman–Crippen MR) is 113 cm³/mol. The van der Waals surface area contributed by atoms with Crippen molar-refractivity contribution >= 4 is 23.2 Å². The highest BCUT2D eigenvalue weighted by atomic mass is 35.5. The van der Waals surface area contributed by atoms with Gasteiger partial charge in [0.1, 0.15) is 12.4 Å². The highest BCUT2D eigenvalue weighted by molar-refractivity contribution is 6.34. The Hall–Kier alpha value is -1.22. The largest absolute Gasteiger partial charge is 0.492 e. The molecule has 0 N–H and O–H groups in total. The van der Waals surface area contributed by atoms with Crippen LogP contribution in [-0.4, -0.2) is 31.1 Å². The quantitative estimate of drug-likeness (QED) is 0.539. The number of hydrogen-bond donors (Lipinski definition) is 0. The highest BCUT2D eigenvalue weighted by Crippen LogP contribution is 2.51. The Bertz CT molecular complexity index is 723. The molecule has 1 aliphatic heterocycles. The van der Waals surface area contributed by atoms with Gasteiger partial charge in [0, 0.05) is 16.6 Å². The number of ether oxygens (including phenoxy) is 1. The van der Waals surface area contributed by atoms with Crippen molar-refractivity contribution < 1.29 is 4.74 Å². The molecule has 0 aromatic heterocycles. The van der Waals surface area contributed by atoms with Crippen molar-refractivity contribution in [2.24, 2.45) is 11.8 Å². The van der Waals surface area contributed by atoms with Crippen LogP contribution in [0.15, 0.2) is 48.5 Å². The van der Waals surface area contributed by atoms with Crippen molar-refractivity contribution in [2.75, 3.05) is 26.2 Å². The van der Waals surface area contributed by atoms with Crippen LogP contribution in [0, 0.1) is 11.8 Å². The maximum Gasteiger partial charge on any atom is 0.122 e. The molecule has 0 bridgehead atoms. The first-order valence-corrected chi connectivity index (χ1v) is 10.8. The van der Waals surface area contributed by atoms with Gasteiger partial charge in [-0.1, -0.05) is 53.5 Å². The maximum atomic E-state index is 6.01. The number of halogens is 2. The lowest BCUT2D eigenvalue weighted by Crippen LogP contribution is -2.36. The van der Waals surface area contributed by atoms with E-state index in [1.165, 1.54) is 38.8 Å². The van der Waals surface area contributed by atoms with Crippen LogP contribution in [0.25, 0.3) is 0 Å². The van der Waals surface area contributed by atoms with Gasteiger partial charge in [-0.05, 0) is 80.3 Å². The lowest BCUT2D eigenvalue weighted by Gasteiger charge is -2.32. The van der Waals surface area contributed by atoms with Crippen LogP contribution in [0.2, 0.25) is 10.0 Å². The van der Waals surface area contributed by atoms with Gasteiger partial charge < -0.3 is 4.74 Å². The molecule has 1 aliphatic carbocycles. The van der Waals surface area contributed by atoms with Crippen molar-refractivity contribution in [1.29, 1.82) is 0 Å². The van der Waals surface area contributed by atoms with E-state index in [2.05, 4.69) is 35.2 Å². The van der Waals surface area contributed by atoms with Gasteiger partial charge >= 0.3 is 0 Å². The maximum absolute atomic E-state index is 6.01. The molecule has 2 aromatic carbocycles. The van der Waals surface area contributed by atoms with Crippen molar-refractivity contribution in [3.63, 3.8) is 0 Å². The Morgan fingerprint density at radius 3 is 2.37 bits per heavy atom. The van der Waals surface area contributed by atoms with Gasteiger partial charge in [-0.3, -0.25) is 4.90 Å². The van der Waals surface area contributed by atoms with Crippen molar-refractivity contribution in [2.45, 2.75) is 31.6 Å². The molecule has 2 atom stereocenters. The molecule has 0 unspecified atom stereocenters. The van der Waals surface area contributed by atoms with Gasteiger partial charge in [-0.2, -0.15) is 0 Å². The zero-order valence-corrected chi connectivity index (χ0v) is 17.1. The molecule has 2 fully saturated rings. The summed E-state index contributed by atoms with van der Waals surface area (Å²) in [5, 5.41) is 1.24. The molecule has 2 aromatic rings. The van der Waals surface area contributed by atoms with E-state index in [4.69, 9.17) is 27.9 Å². The Morgan fingerprint density at radius 2 is 1.67 bits per heavy atom. The van der Waals surface area contributed by atoms with Crippen LogP contribution < -0.4 is 4.74 Å². The average Bonchev–Trinajstić information content (AvgIpc) is 3.42. The molecule has 144 valence electrons. The van der Waals surface area contributed by atoms with E-state index in [1.54, 1.807) is 11.6 Å². The zero-order chi connectivity index (χ0) is 18.6. The first-order chi connectivity index (χ1) is 13.2. The van der Waals surface area contributed by atoms with E-state index in [1.807, 2.05) is 12.1 Å². The fourth-order valence-corrected chi connectivity index (χ4v) is 4.90. The van der Waals surface area contributed by atoms with E-state index >= 15 is 0 Å². The minimum absolute atomic E-state index is 0.618. The summed E-state index contributed by atoms with van der Waals surface area (Å²) in [5.41, 5.74) is 1.54. The van der Waals surface area contributed by atoms with Crippen molar-refractivity contribution in [3.8, 4) is 5.75 Å². The second-order valence-corrected chi connectivity index (χ2v) is 8.86. The fraction of sp³-hybridized carbons (Fsp3) is 0.478. The van der Waals surface area contributed by atoms with Crippen LogP contribution in [0.4, 0.5) is 0 Å². The summed E-state index contributed by atoms with van der Waals surface area (Å²) in [6, 6.07) is 16.4. The number of piperidine rings is 1. The third-order valence-electron chi connectivity index (χ3n) is 6.01. The number of likely N-dealkylation sites (tertiary alicyclic amines) is 1. The standard InChI is InChI=1S/C23H27Cl2NO/c24-20-14-21(25)16-22(15-20)27-11-10-26-8-6-17(7-9-26)12-19-13-23(19)18-4-2-1-3-5-18/h1-5,14-17,19,23H,6-13H2/t19-,23+/m1/s1. The molecule has 0 amide bonds. The molecular weight excluding hydrogens is 377 g/mol. The molecule has 0 spiro atoms. The fourth-order valence-electron chi connectivity index (χ4n) is 4.39. The Morgan fingerprint density at radius 1 is 0.963 bits per heavy atom. The van der Waals surface area contributed by atoms with Gasteiger partial charge in [0.15, 0.2) is 0 Å². The number of rotatable bonds is 7. The van der Waals surface area contributed by atoms with E-state index in [0.717, 1.165) is 30.0 Å². The van der Waals surface area contributed by atoms with E-state index in [0.29, 0.717) is 16.7 Å². The monoisotopic (exact) mass is 403 g/mol. The minimum atomic E-state index is 0.618. The molecule has 2 aliphatic rings. The summed E-state index contributed by atoms with van der Waals surface area (Å²) in [4.78, 5) is 2.52. The zero-order valence-electron chi connectivity index (χ0n) is 15.6. The van der Waals surface area contributed by atoms with E-state index in [9.17, 15) is 0 Å². The molecular formula is C23H27Cl2NO. The first kappa shape index (κ1) is 19.1. The third-order valence-corrected chi connectivity index (χ3v) is 6.44. The van der Waals surface area contributed by atoms with E-state index < -0.39 is 0 Å². The van der Waals surface area contributed by atoms with Crippen molar-refractivity contribution in [1.82, 2.24) is 4.90 Å². The normalized spacial score (nSPS) is 23.3. The van der Waals surface area contributed by atoms with Crippen LogP contribution in [0.5, 0.6) is 5.75 Å². The minimum Gasteiger partial charge on any atom is -0.492 e. The summed E-state index contributed by atoms with van der Waals surface area (Å²) in [7, 11) is 0. The van der Waals surface area contributed by atoms with Gasteiger partial charge in [-0.15, -0.1) is 0 Å². The topological polar surface area (TPSA) is 12.5 Å². The third kappa shape index (κ3) is 5.40. The van der Waals surface area contributed by atoms with Gasteiger partial charge in [0.2, 0.25) is 0 Å². The number of benzene rings is 2. The van der Waals surface area contributed by atoms with Crippen LogP contribution in [0.1, 0.15) is 37.2 Å². The lowest BCUT2D eigenvalue weighted by atomic mass is 9.90. The summed E-state index contributed by atoms with van der Waals surface area (Å²) in [5.74, 6) is 3.39. The number of hydrogen-bond acceptors (Lipinski definition) is 2. The predicted octanol–water partition coefficient (Wildman–Crippen LogP) is 6.28. The second kappa shape index (κ2) is 8.86. The summed E-state index contributed by atoms with van der Waals surface area (Å²) in [6.45, 7) is 4.02. The lowest BCUT2D eigenvalue weighted by molar-refractivity contribution is 0.149. The second-order valence-electron chi connectivity index (χ2n) is 7.99. The first-order valence-electron chi connectivity index (χ1n) is 10.0. The Kier molecular flexibility index (Phi) is 6.27. The summed E-state index contributed by atoms with van der Waals surface area (Å²) in [6.07, 6.45) is 5.44. The molecule has 1 saturated carbocycles. The van der Waals surface area contributed by atoms with Gasteiger partial charge in [-0.25, -0.2) is 0 Å². The van der Waals surface area contributed by atoms with Crippen LogP contribution >= 0.6 is 23.2 Å². The smallest absolute Gasteiger partial charge is 0.122 e. The van der Waals surface area contributed by atoms with Gasteiger partial charge in [0.25, 0.3) is 0 Å². The van der Waals surface area contributed by atoms with Crippen LogP contribution in [0.3, 0.4) is 0 Å². The molecule has 0 radical (unpaired) electrons. The van der Waals surface area contributed by atoms with Crippen LogP contribution in [-0.2, 0) is 0 Å². The molecule has 4 rings (SSSR count). The van der Waals surface area contributed by atoms with Crippen molar-refractivity contribution in [3.05, 3.63) is 64.1 Å². The molecule has 2 nitrogen and oxygen atoms in total. The molecule has 27 heavy (non-hydrogen) atoms. The Balaban J connectivity index is 1.15. The summed E-state index contributed by atoms with van der Waals surface area (Å²) < 4.78 is 5.82. The summed E-state index contributed by atoms with van der Waals surface area (Å²) >= 11 is 12.0. The van der Waals surface area contributed by atoms with E-state index in [-0.39, 0.29) is 0 Å². The highest BCUT2D eigenvalue weighted by Gasteiger charge is 2.39. The average molecular weight is 404 g/mol. The van der Waals surface area contributed by atoms with Gasteiger partial charge in [0.05, 0.1) is 0 Å². The Labute approximate surface area is 172 Å². The number of nitrogens with zero attached hydrogens (tertiary/aromatic N) is 1. The molecule has 4 heteroatoms.